The summed E-state index contributed by atoms with van der Waals surface area (Å²) in [6, 6.07) is 1.71. The fraction of sp³-hybridized carbons (Fsp3) is 0.800. The van der Waals surface area contributed by atoms with Crippen molar-refractivity contribution in [2.24, 2.45) is 11.8 Å². The minimum absolute atomic E-state index is 0.0766. The number of nitrogens with zero attached hydrogens (tertiary/aromatic N) is 3. The molecule has 0 aromatic carbocycles. The van der Waals surface area contributed by atoms with Gasteiger partial charge in [-0.1, -0.05) is 0 Å². The molecule has 2 N–H and O–H groups in total. The molecule has 0 aliphatic carbocycles. The zero-order chi connectivity index (χ0) is 18.0. The molecule has 138 valence electrons. The van der Waals surface area contributed by atoms with Gasteiger partial charge in [-0.15, -0.1) is 0 Å². The van der Waals surface area contributed by atoms with Crippen molar-refractivity contribution in [1.82, 2.24) is 19.2 Å². The van der Waals surface area contributed by atoms with Crippen LogP contribution in [0.5, 0.6) is 0 Å². The van der Waals surface area contributed by atoms with Gasteiger partial charge in [-0.3, -0.25) is 14.9 Å². The second-order valence-corrected chi connectivity index (χ2v) is 8.78. The van der Waals surface area contributed by atoms with Gasteiger partial charge < -0.3 is 5.32 Å². The van der Waals surface area contributed by atoms with Gasteiger partial charge in [0.2, 0.25) is 11.8 Å². The number of carbonyl (C=O) groups is 2. The average molecular weight is 369 g/mol. The van der Waals surface area contributed by atoms with E-state index in [1.54, 1.807) is 0 Å². The lowest BCUT2D eigenvalue weighted by molar-refractivity contribution is -0.134. The maximum atomic E-state index is 12.6. The number of amides is 2. The van der Waals surface area contributed by atoms with Crippen molar-refractivity contribution in [2.45, 2.75) is 31.7 Å². The van der Waals surface area contributed by atoms with E-state index in [9.17, 15) is 18.0 Å². The van der Waals surface area contributed by atoms with Crippen LogP contribution in [0.3, 0.4) is 0 Å². The van der Waals surface area contributed by atoms with Crippen molar-refractivity contribution in [1.29, 1.82) is 5.26 Å². The van der Waals surface area contributed by atoms with Crippen molar-refractivity contribution in [3.8, 4) is 6.07 Å². The van der Waals surface area contributed by atoms with Crippen LogP contribution >= 0.6 is 0 Å². The van der Waals surface area contributed by atoms with Gasteiger partial charge >= 0.3 is 0 Å². The first-order valence-electron chi connectivity index (χ1n) is 8.64. The number of hydrogen-bond acceptors (Lipinski definition) is 6. The molecule has 3 aliphatic heterocycles. The van der Waals surface area contributed by atoms with Crippen LogP contribution in [0.25, 0.3) is 0 Å². The van der Waals surface area contributed by atoms with Crippen molar-refractivity contribution in [3.05, 3.63) is 0 Å². The Morgan fingerprint density at radius 1 is 1.08 bits per heavy atom. The molecule has 0 bridgehead atoms. The minimum atomic E-state index is -3.64. The maximum Gasteiger partial charge on any atom is 0.282 e. The molecular formula is C15H23N5O4S. The molecule has 3 fully saturated rings. The predicted molar refractivity (Wildman–Crippen MR) is 88.1 cm³/mol. The fourth-order valence-electron chi connectivity index (χ4n) is 3.46. The summed E-state index contributed by atoms with van der Waals surface area (Å²) in [6.45, 7) is 1.61. The lowest BCUT2D eigenvalue weighted by Gasteiger charge is -2.40. The van der Waals surface area contributed by atoms with Crippen LogP contribution in [0.15, 0.2) is 0 Å². The molecule has 0 radical (unpaired) electrons. The Morgan fingerprint density at radius 3 is 2.48 bits per heavy atom. The summed E-state index contributed by atoms with van der Waals surface area (Å²) in [6.07, 6.45) is 2.74. The molecular weight excluding hydrogens is 346 g/mol. The highest BCUT2D eigenvalue weighted by Gasteiger charge is 2.42. The number of imide groups is 1. The van der Waals surface area contributed by atoms with Gasteiger partial charge in [0.05, 0.1) is 23.9 Å². The number of carbonyl (C=O) groups excluding carboxylic acids is 2. The molecule has 10 heteroatoms. The molecule has 0 aromatic rings. The van der Waals surface area contributed by atoms with E-state index in [1.807, 2.05) is 6.07 Å². The summed E-state index contributed by atoms with van der Waals surface area (Å²) in [5.74, 6) is -1.52. The van der Waals surface area contributed by atoms with Crippen LogP contribution in [0.2, 0.25) is 0 Å². The van der Waals surface area contributed by atoms with Gasteiger partial charge in [0.15, 0.2) is 0 Å². The summed E-state index contributed by atoms with van der Waals surface area (Å²) in [5, 5.41) is 14.2. The van der Waals surface area contributed by atoms with Crippen LogP contribution in [-0.2, 0) is 19.8 Å². The number of piperidine rings is 1. The van der Waals surface area contributed by atoms with Crippen molar-refractivity contribution in [3.63, 3.8) is 0 Å². The number of nitrogens with one attached hydrogen (secondary N) is 2. The second kappa shape index (κ2) is 7.37. The van der Waals surface area contributed by atoms with Gasteiger partial charge in [-0.25, -0.2) is 0 Å². The Labute approximate surface area is 147 Å². The monoisotopic (exact) mass is 369 g/mol. The Hall–Kier alpha value is -1.54. The molecule has 0 unspecified atom stereocenters. The first-order chi connectivity index (χ1) is 11.9. The number of nitriles is 1. The minimum Gasteiger partial charge on any atom is -0.306 e. The van der Waals surface area contributed by atoms with E-state index >= 15 is 0 Å². The third-order valence-corrected chi connectivity index (χ3v) is 7.00. The summed E-state index contributed by atoms with van der Waals surface area (Å²) >= 11 is 0. The van der Waals surface area contributed by atoms with E-state index in [1.165, 1.54) is 8.61 Å². The first kappa shape index (κ1) is 18.3. The smallest absolute Gasteiger partial charge is 0.282 e. The number of hydrogen-bond donors (Lipinski definition) is 2. The van der Waals surface area contributed by atoms with E-state index in [4.69, 9.17) is 5.26 Å². The maximum absolute atomic E-state index is 12.6. The second-order valence-electron chi connectivity index (χ2n) is 6.85. The highest BCUT2D eigenvalue weighted by molar-refractivity contribution is 7.86. The van der Waals surface area contributed by atoms with Gasteiger partial charge in [-0.2, -0.15) is 22.3 Å². The van der Waals surface area contributed by atoms with Gasteiger partial charge in [-0.05, 0) is 32.2 Å². The zero-order valence-electron chi connectivity index (χ0n) is 14.0. The summed E-state index contributed by atoms with van der Waals surface area (Å²) in [4.78, 5) is 24.4. The molecule has 0 spiro atoms. The average Bonchev–Trinajstić information content (AvgIpc) is 3.08. The molecule has 3 saturated heterocycles. The normalized spacial score (nSPS) is 28.9. The molecule has 0 aromatic heterocycles. The molecule has 9 nitrogen and oxygen atoms in total. The van der Waals surface area contributed by atoms with Crippen LogP contribution in [0.1, 0.15) is 25.7 Å². The molecule has 2 amide bonds. The Balaban J connectivity index is 1.56. The van der Waals surface area contributed by atoms with E-state index in [0.717, 1.165) is 13.0 Å². The van der Waals surface area contributed by atoms with E-state index in [2.05, 4.69) is 10.6 Å². The topological polar surface area (TPSA) is 123 Å². The molecule has 25 heavy (non-hydrogen) atoms. The quantitative estimate of drug-likeness (QED) is 0.600. The number of rotatable bonds is 4. The third kappa shape index (κ3) is 3.84. The van der Waals surface area contributed by atoms with Crippen LogP contribution in [-0.4, -0.2) is 67.6 Å². The van der Waals surface area contributed by atoms with E-state index in [-0.39, 0.29) is 37.5 Å². The molecule has 3 aliphatic rings. The lowest BCUT2D eigenvalue weighted by Crippen LogP contribution is -2.57. The predicted octanol–water partition coefficient (Wildman–Crippen LogP) is -1.21. The van der Waals surface area contributed by atoms with Crippen molar-refractivity contribution in [2.75, 3.05) is 32.7 Å². The molecule has 2 atom stereocenters. The van der Waals surface area contributed by atoms with Crippen molar-refractivity contribution >= 4 is 22.0 Å². The highest BCUT2D eigenvalue weighted by Crippen LogP contribution is 2.26. The molecule has 3 heterocycles. The largest absolute Gasteiger partial charge is 0.306 e. The Kier molecular flexibility index (Phi) is 5.38. The SMILES string of the molecule is N#CC1CN(S(=O)(=O)N2CCC[C@H](C(=O)NC(=O)[C@H]3CCCN3)C2)C1. The fourth-order valence-corrected chi connectivity index (χ4v) is 5.25. The summed E-state index contributed by atoms with van der Waals surface area (Å²) in [7, 11) is -3.64. The summed E-state index contributed by atoms with van der Waals surface area (Å²) < 4.78 is 27.7. The first-order valence-corrected chi connectivity index (χ1v) is 10.0. The lowest BCUT2D eigenvalue weighted by atomic mass is 9.98. The molecule has 0 saturated carbocycles. The molecule has 3 rings (SSSR count). The highest BCUT2D eigenvalue weighted by atomic mass is 32.2. The van der Waals surface area contributed by atoms with Crippen LogP contribution < -0.4 is 10.6 Å². The van der Waals surface area contributed by atoms with E-state index < -0.39 is 22.0 Å². The standard InChI is InChI=1S/C15H23N5O4S/c16-7-11-8-20(9-11)25(23,24)19-6-2-3-12(10-19)14(21)18-15(22)13-4-1-5-17-13/h11-13,17H,1-6,8-10H2,(H,18,21,22)/t12-,13+/m0/s1. The van der Waals surface area contributed by atoms with Gasteiger partial charge in [0.1, 0.15) is 0 Å². The Morgan fingerprint density at radius 2 is 1.84 bits per heavy atom. The van der Waals surface area contributed by atoms with E-state index in [0.29, 0.717) is 25.8 Å². The van der Waals surface area contributed by atoms with Gasteiger partial charge in [0.25, 0.3) is 10.2 Å². The Bertz CT molecular complexity index is 677. The zero-order valence-corrected chi connectivity index (χ0v) is 14.8. The van der Waals surface area contributed by atoms with Gasteiger partial charge in [0, 0.05) is 26.2 Å². The third-order valence-electron chi connectivity index (χ3n) is 5.06. The van der Waals surface area contributed by atoms with Crippen LogP contribution in [0, 0.1) is 23.2 Å². The van der Waals surface area contributed by atoms with Crippen LogP contribution in [0.4, 0.5) is 0 Å². The summed E-state index contributed by atoms with van der Waals surface area (Å²) in [5.41, 5.74) is 0. The van der Waals surface area contributed by atoms with Crippen molar-refractivity contribution < 1.29 is 18.0 Å².